The van der Waals surface area contributed by atoms with Gasteiger partial charge in [0.15, 0.2) is 6.61 Å². The fourth-order valence-corrected chi connectivity index (χ4v) is 4.20. The summed E-state index contributed by atoms with van der Waals surface area (Å²) in [7, 11) is -3.58. The van der Waals surface area contributed by atoms with Gasteiger partial charge in [-0.05, 0) is 18.2 Å². The molecule has 1 aromatic carbocycles. The van der Waals surface area contributed by atoms with E-state index in [2.05, 4.69) is 10.2 Å². The molecule has 0 bridgehead atoms. The lowest BCUT2D eigenvalue weighted by molar-refractivity contribution is -0.118. The first-order valence-electron chi connectivity index (χ1n) is 7.50. The van der Waals surface area contributed by atoms with Gasteiger partial charge in [0.1, 0.15) is 5.75 Å². The van der Waals surface area contributed by atoms with Crippen molar-refractivity contribution < 1.29 is 17.9 Å². The van der Waals surface area contributed by atoms with E-state index in [4.69, 9.17) is 10.5 Å². The first kappa shape index (κ1) is 16.2. The van der Waals surface area contributed by atoms with Crippen LogP contribution in [0.2, 0.25) is 0 Å². The van der Waals surface area contributed by atoms with Gasteiger partial charge in [0.25, 0.3) is 5.91 Å². The summed E-state index contributed by atoms with van der Waals surface area (Å²) in [6.45, 7) is 3.49. The highest BCUT2D eigenvalue weighted by atomic mass is 32.2. The van der Waals surface area contributed by atoms with Gasteiger partial charge >= 0.3 is 0 Å². The number of benzene rings is 1. The topological polar surface area (TPSA) is 105 Å². The predicted molar refractivity (Wildman–Crippen MR) is 84.8 cm³/mol. The summed E-state index contributed by atoms with van der Waals surface area (Å²) in [5.41, 5.74) is 5.92. The highest BCUT2D eigenvalue weighted by Gasteiger charge is 2.29. The Morgan fingerprint density at radius 2 is 1.96 bits per heavy atom. The Balaban J connectivity index is 1.78. The van der Waals surface area contributed by atoms with Crippen LogP contribution in [0.1, 0.15) is 0 Å². The number of nitrogens with zero attached hydrogens (tertiary/aromatic N) is 2. The summed E-state index contributed by atoms with van der Waals surface area (Å²) in [5, 5.41) is 2.63. The number of carbonyl (C=O) groups is 1. The Labute approximate surface area is 135 Å². The molecule has 0 radical (unpaired) electrons. The van der Waals surface area contributed by atoms with E-state index in [1.165, 1.54) is 16.4 Å². The normalized spacial score (nSPS) is 19.8. The number of rotatable bonds is 4. The van der Waals surface area contributed by atoms with Gasteiger partial charge in [0.2, 0.25) is 10.0 Å². The number of nitrogens with two attached hydrogens (primary N) is 1. The van der Waals surface area contributed by atoms with E-state index in [-0.39, 0.29) is 17.4 Å². The number of piperazine rings is 1. The van der Waals surface area contributed by atoms with Crippen LogP contribution in [0.15, 0.2) is 23.1 Å². The Kier molecular flexibility index (Phi) is 4.53. The molecular formula is C14H20N4O4S. The lowest BCUT2D eigenvalue weighted by atomic mass is 10.2. The smallest absolute Gasteiger partial charge is 0.262 e. The highest BCUT2D eigenvalue weighted by molar-refractivity contribution is 7.89. The van der Waals surface area contributed by atoms with E-state index in [0.29, 0.717) is 44.2 Å². The summed E-state index contributed by atoms with van der Waals surface area (Å²) >= 11 is 0. The number of carbonyl (C=O) groups excluding carboxylic acids is 1. The summed E-state index contributed by atoms with van der Waals surface area (Å²) in [5.74, 6) is 0.193. The van der Waals surface area contributed by atoms with Crippen LogP contribution in [0, 0.1) is 0 Å². The molecule has 1 fully saturated rings. The monoisotopic (exact) mass is 340 g/mol. The minimum atomic E-state index is -3.58. The van der Waals surface area contributed by atoms with Gasteiger partial charge in [-0.2, -0.15) is 4.31 Å². The van der Waals surface area contributed by atoms with Crippen molar-refractivity contribution in [3.05, 3.63) is 18.2 Å². The number of ether oxygens (including phenoxy) is 1. The van der Waals surface area contributed by atoms with Crippen LogP contribution in [-0.2, 0) is 14.8 Å². The third-order valence-electron chi connectivity index (χ3n) is 4.00. The quantitative estimate of drug-likeness (QED) is 0.750. The zero-order valence-corrected chi connectivity index (χ0v) is 13.5. The minimum Gasteiger partial charge on any atom is -0.482 e. The Morgan fingerprint density at radius 1 is 1.22 bits per heavy atom. The zero-order valence-electron chi connectivity index (χ0n) is 12.7. The van der Waals surface area contributed by atoms with Crippen LogP contribution in [-0.4, -0.2) is 69.4 Å². The molecule has 9 heteroatoms. The second-order valence-corrected chi connectivity index (χ2v) is 7.47. The van der Waals surface area contributed by atoms with Gasteiger partial charge in [0, 0.05) is 39.3 Å². The Hall–Kier alpha value is -1.68. The summed E-state index contributed by atoms with van der Waals surface area (Å²) in [6.07, 6.45) is 0. The highest BCUT2D eigenvalue weighted by Crippen LogP contribution is 2.31. The number of fused-ring (bicyclic) bond motifs is 1. The molecule has 1 aromatic rings. The molecule has 0 spiro atoms. The largest absolute Gasteiger partial charge is 0.482 e. The van der Waals surface area contributed by atoms with E-state index in [0.717, 1.165) is 6.54 Å². The molecule has 0 unspecified atom stereocenters. The molecule has 23 heavy (non-hydrogen) atoms. The number of sulfonamides is 1. The molecular weight excluding hydrogens is 320 g/mol. The van der Waals surface area contributed by atoms with Crippen molar-refractivity contribution in [1.29, 1.82) is 0 Å². The van der Waals surface area contributed by atoms with Gasteiger partial charge in [-0.1, -0.05) is 0 Å². The molecule has 0 aromatic heterocycles. The number of hydrogen-bond donors (Lipinski definition) is 2. The molecule has 0 atom stereocenters. The van der Waals surface area contributed by atoms with Crippen LogP contribution in [0.25, 0.3) is 0 Å². The zero-order chi connectivity index (χ0) is 16.4. The van der Waals surface area contributed by atoms with Crippen LogP contribution in [0.5, 0.6) is 5.75 Å². The summed E-state index contributed by atoms with van der Waals surface area (Å²) < 4.78 is 32.2. The second kappa shape index (κ2) is 6.44. The van der Waals surface area contributed by atoms with Gasteiger partial charge in [-0.15, -0.1) is 0 Å². The van der Waals surface area contributed by atoms with E-state index < -0.39 is 10.0 Å². The maximum Gasteiger partial charge on any atom is 0.262 e. The molecule has 3 N–H and O–H groups in total. The van der Waals surface area contributed by atoms with Gasteiger partial charge < -0.3 is 15.8 Å². The Bertz CT molecular complexity index is 699. The molecule has 0 saturated carbocycles. The molecule has 0 aliphatic carbocycles. The maximum atomic E-state index is 12.7. The van der Waals surface area contributed by atoms with E-state index in [9.17, 15) is 13.2 Å². The SMILES string of the molecule is NCCN1CCN(S(=O)(=O)c2ccc3c(c2)NC(=O)CO3)CC1. The Morgan fingerprint density at radius 3 is 2.65 bits per heavy atom. The molecule has 3 rings (SSSR count). The van der Waals surface area contributed by atoms with E-state index in [1.54, 1.807) is 6.07 Å². The van der Waals surface area contributed by atoms with E-state index in [1.807, 2.05) is 0 Å². The molecule has 126 valence electrons. The number of nitrogens with one attached hydrogen (secondary N) is 1. The maximum absolute atomic E-state index is 12.7. The molecule has 2 heterocycles. The fraction of sp³-hybridized carbons (Fsp3) is 0.500. The summed E-state index contributed by atoms with van der Waals surface area (Å²) in [4.78, 5) is 13.7. The van der Waals surface area contributed by atoms with Crippen molar-refractivity contribution >= 4 is 21.6 Å². The van der Waals surface area contributed by atoms with Crippen LogP contribution in [0.3, 0.4) is 0 Å². The fourth-order valence-electron chi connectivity index (χ4n) is 2.75. The average Bonchev–Trinajstić information content (AvgIpc) is 2.55. The van der Waals surface area contributed by atoms with Crippen LogP contribution >= 0.6 is 0 Å². The lowest BCUT2D eigenvalue weighted by Gasteiger charge is -2.33. The van der Waals surface area contributed by atoms with Crippen LogP contribution < -0.4 is 15.8 Å². The van der Waals surface area contributed by atoms with Crippen molar-refractivity contribution in [1.82, 2.24) is 9.21 Å². The molecule has 8 nitrogen and oxygen atoms in total. The van der Waals surface area contributed by atoms with Crippen molar-refractivity contribution in [3.63, 3.8) is 0 Å². The van der Waals surface area contributed by atoms with Gasteiger partial charge in [0.05, 0.1) is 10.6 Å². The third-order valence-corrected chi connectivity index (χ3v) is 5.89. The first-order valence-corrected chi connectivity index (χ1v) is 8.94. The van der Waals surface area contributed by atoms with Gasteiger partial charge in [-0.3, -0.25) is 9.69 Å². The molecule has 2 aliphatic heterocycles. The number of amides is 1. The van der Waals surface area contributed by atoms with Gasteiger partial charge in [-0.25, -0.2) is 8.42 Å². The second-order valence-electron chi connectivity index (χ2n) is 5.53. The standard InChI is InChI=1S/C14H20N4O4S/c15-3-4-17-5-7-18(8-6-17)23(20,21)11-1-2-13-12(9-11)16-14(19)10-22-13/h1-2,9H,3-8,10,15H2,(H,16,19). The molecule has 2 aliphatic rings. The molecule has 1 saturated heterocycles. The first-order chi connectivity index (χ1) is 11.0. The number of anilines is 1. The van der Waals surface area contributed by atoms with Crippen molar-refractivity contribution in [2.45, 2.75) is 4.90 Å². The van der Waals surface area contributed by atoms with E-state index >= 15 is 0 Å². The average molecular weight is 340 g/mol. The van der Waals surface area contributed by atoms with Crippen molar-refractivity contribution in [2.24, 2.45) is 5.73 Å². The van der Waals surface area contributed by atoms with Crippen molar-refractivity contribution in [2.75, 3.05) is 51.2 Å². The molecule has 1 amide bonds. The number of hydrogen-bond acceptors (Lipinski definition) is 6. The van der Waals surface area contributed by atoms with Crippen LogP contribution in [0.4, 0.5) is 5.69 Å². The predicted octanol–water partition coefficient (Wildman–Crippen LogP) is -0.717. The van der Waals surface area contributed by atoms with Crippen molar-refractivity contribution in [3.8, 4) is 5.75 Å². The third kappa shape index (κ3) is 3.32. The lowest BCUT2D eigenvalue weighted by Crippen LogP contribution is -2.49. The minimum absolute atomic E-state index is 0.0534. The summed E-state index contributed by atoms with van der Waals surface area (Å²) in [6, 6.07) is 4.54.